The number of carbonyl (C=O) groups excluding carboxylic acids is 1. The van der Waals surface area contributed by atoms with Crippen molar-refractivity contribution in [1.29, 1.82) is 0 Å². The lowest BCUT2D eigenvalue weighted by molar-refractivity contribution is -0.385. The number of hydrogen-bond acceptors (Lipinski definition) is 5. The number of nitro benzene ring substituents is 1. The van der Waals surface area contributed by atoms with Gasteiger partial charge < -0.3 is 15.0 Å². The van der Waals surface area contributed by atoms with E-state index >= 15 is 0 Å². The van der Waals surface area contributed by atoms with E-state index in [4.69, 9.17) is 17.0 Å². The Hall–Kier alpha value is -2.48. The molecule has 8 heteroatoms. The molecule has 1 aromatic carbocycles. The highest BCUT2D eigenvalue weighted by Crippen LogP contribution is 2.39. The molecule has 2 aliphatic rings. The summed E-state index contributed by atoms with van der Waals surface area (Å²) in [5.74, 6) is 0.321. The zero-order chi connectivity index (χ0) is 20.3. The number of hydrogen-bond donors (Lipinski definition) is 1. The quantitative estimate of drug-likeness (QED) is 0.418. The smallest absolute Gasteiger partial charge is 0.311 e. The summed E-state index contributed by atoms with van der Waals surface area (Å²) in [6.07, 6.45) is 3.75. The van der Waals surface area contributed by atoms with E-state index in [0.717, 1.165) is 37.9 Å². The van der Waals surface area contributed by atoms with Gasteiger partial charge in [0, 0.05) is 30.3 Å². The number of ketones is 1. The second-order valence-electron chi connectivity index (χ2n) is 7.00. The lowest BCUT2D eigenvalue weighted by Crippen LogP contribution is -2.49. The van der Waals surface area contributed by atoms with Gasteiger partial charge in [0.15, 0.2) is 16.6 Å². The molecule has 3 rings (SSSR count). The lowest BCUT2D eigenvalue weighted by atomic mass is 9.84. The van der Waals surface area contributed by atoms with Gasteiger partial charge >= 0.3 is 5.69 Å². The van der Waals surface area contributed by atoms with Crippen LogP contribution in [0.25, 0.3) is 0 Å². The van der Waals surface area contributed by atoms with E-state index in [1.807, 2.05) is 11.8 Å². The van der Waals surface area contributed by atoms with Gasteiger partial charge in [-0.25, -0.2) is 0 Å². The van der Waals surface area contributed by atoms with E-state index in [2.05, 4.69) is 12.2 Å². The number of Topliss-reactive ketones (excluding diaryl/α,β-unsaturated/α-hetero) is 1. The summed E-state index contributed by atoms with van der Waals surface area (Å²) in [7, 11) is 0. The number of nitrogens with zero attached hydrogens (tertiary/aromatic N) is 2. The number of rotatable bonds is 7. The first kappa shape index (κ1) is 20.3. The van der Waals surface area contributed by atoms with Crippen molar-refractivity contribution >= 4 is 28.8 Å². The second-order valence-corrected chi connectivity index (χ2v) is 7.39. The number of allylic oxidation sites excluding steroid dienone is 1. The van der Waals surface area contributed by atoms with Crippen molar-refractivity contribution in [2.24, 2.45) is 0 Å². The van der Waals surface area contributed by atoms with Crippen LogP contribution in [0, 0.1) is 10.1 Å². The molecule has 0 radical (unpaired) electrons. The third kappa shape index (κ3) is 3.87. The van der Waals surface area contributed by atoms with Crippen LogP contribution in [0.15, 0.2) is 29.5 Å². The Morgan fingerprint density at radius 1 is 1.32 bits per heavy atom. The molecule has 1 aromatic rings. The number of nitrogens with one attached hydrogen (secondary N) is 1. The largest absolute Gasteiger partial charge is 0.487 e. The van der Waals surface area contributed by atoms with Gasteiger partial charge in [0.25, 0.3) is 0 Å². The molecule has 1 unspecified atom stereocenters. The number of carbonyl (C=O) groups is 1. The van der Waals surface area contributed by atoms with Crippen molar-refractivity contribution in [2.45, 2.75) is 52.0 Å². The average molecular weight is 404 g/mol. The molecule has 0 amide bonds. The Morgan fingerprint density at radius 2 is 2.11 bits per heavy atom. The van der Waals surface area contributed by atoms with Crippen molar-refractivity contribution in [3.05, 3.63) is 45.1 Å². The summed E-state index contributed by atoms with van der Waals surface area (Å²) in [5, 5.41) is 15.4. The molecule has 1 N–H and O–H groups in total. The van der Waals surface area contributed by atoms with Gasteiger partial charge in [-0.3, -0.25) is 14.9 Å². The molecule has 1 aliphatic carbocycles. The van der Waals surface area contributed by atoms with Gasteiger partial charge in [0.1, 0.15) is 0 Å². The Bertz CT molecular complexity index is 837. The van der Waals surface area contributed by atoms with Crippen LogP contribution in [0.1, 0.15) is 57.6 Å². The lowest BCUT2D eigenvalue weighted by Gasteiger charge is -2.40. The van der Waals surface area contributed by atoms with E-state index in [9.17, 15) is 14.9 Å². The zero-order valence-corrected chi connectivity index (χ0v) is 17.0. The van der Waals surface area contributed by atoms with E-state index in [1.165, 1.54) is 6.07 Å². The molecule has 7 nitrogen and oxygen atoms in total. The predicted molar refractivity (Wildman–Crippen MR) is 110 cm³/mol. The fourth-order valence-corrected chi connectivity index (χ4v) is 4.07. The zero-order valence-electron chi connectivity index (χ0n) is 16.2. The minimum atomic E-state index is -0.470. The van der Waals surface area contributed by atoms with Crippen molar-refractivity contribution in [3.63, 3.8) is 0 Å². The van der Waals surface area contributed by atoms with Gasteiger partial charge in [-0.2, -0.15) is 0 Å². The first-order valence-corrected chi connectivity index (χ1v) is 10.1. The average Bonchev–Trinajstić information content (AvgIpc) is 2.68. The summed E-state index contributed by atoms with van der Waals surface area (Å²) < 4.78 is 5.51. The summed E-state index contributed by atoms with van der Waals surface area (Å²) >= 11 is 5.55. The van der Waals surface area contributed by atoms with Gasteiger partial charge in [0.2, 0.25) is 0 Å². The Morgan fingerprint density at radius 3 is 2.79 bits per heavy atom. The van der Waals surface area contributed by atoms with Crippen LogP contribution >= 0.6 is 12.2 Å². The van der Waals surface area contributed by atoms with E-state index in [1.54, 1.807) is 12.1 Å². The molecule has 1 heterocycles. The Balaban J connectivity index is 2.05. The molecule has 1 atom stereocenters. The van der Waals surface area contributed by atoms with Crippen LogP contribution in [0.3, 0.4) is 0 Å². The van der Waals surface area contributed by atoms with Crippen LogP contribution in [0.2, 0.25) is 0 Å². The third-order valence-electron chi connectivity index (χ3n) is 4.98. The molecule has 0 saturated carbocycles. The first-order chi connectivity index (χ1) is 13.5. The van der Waals surface area contributed by atoms with Crippen molar-refractivity contribution in [2.75, 3.05) is 13.2 Å². The Labute approximate surface area is 169 Å². The van der Waals surface area contributed by atoms with E-state index in [-0.39, 0.29) is 17.2 Å². The van der Waals surface area contributed by atoms with Gasteiger partial charge in [0.05, 0.1) is 17.6 Å². The number of benzene rings is 1. The fourth-order valence-electron chi connectivity index (χ4n) is 3.75. The summed E-state index contributed by atoms with van der Waals surface area (Å²) in [5.41, 5.74) is 2.20. The summed E-state index contributed by atoms with van der Waals surface area (Å²) in [6, 6.07) is 4.41. The molecule has 28 heavy (non-hydrogen) atoms. The van der Waals surface area contributed by atoms with Crippen molar-refractivity contribution < 1.29 is 14.5 Å². The highest BCUT2D eigenvalue weighted by atomic mass is 32.1. The fraction of sp³-hybridized carbons (Fsp3) is 0.500. The number of thiocarbonyl (C=S) groups is 1. The van der Waals surface area contributed by atoms with Gasteiger partial charge in [-0.15, -0.1) is 0 Å². The van der Waals surface area contributed by atoms with Gasteiger partial charge in [-0.05, 0) is 49.5 Å². The molecule has 1 aliphatic heterocycles. The van der Waals surface area contributed by atoms with Crippen LogP contribution in [-0.2, 0) is 4.79 Å². The van der Waals surface area contributed by atoms with Crippen LogP contribution < -0.4 is 10.1 Å². The van der Waals surface area contributed by atoms with E-state index in [0.29, 0.717) is 29.3 Å². The summed E-state index contributed by atoms with van der Waals surface area (Å²) in [6.45, 7) is 5.16. The predicted octanol–water partition coefficient (Wildman–Crippen LogP) is 4.03. The molecule has 0 aromatic heterocycles. The molecule has 0 fully saturated rings. The standard InChI is InChI=1S/C20H25N3O4S/c1-3-10-22-14-6-5-7-16(24)18(14)19(21-20(22)28)13-8-9-17(27-11-4-2)15(12-13)23(25)26/h8-9,12,19H,3-7,10-11H2,1-2H3,(H,21,28). The SMILES string of the molecule is CCCOc1ccc(C2NC(=S)N(CCC)C3=C2C(=O)CCC3)cc1[N+](=O)[O-]. The highest BCUT2D eigenvalue weighted by Gasteiger charge is 2.37. The monoisotopic (exact) mass is 403 g/mol. The molecular weight excluding hydrogens is 378 g/mol. The normalized spacial score (nSPS) is 19.4. The number of ether oxygens (including phenoxy) is 1. The maximum atomic E-state index is 12.8. The van der Waals surface area contributed by atoms with E-state index < -0.39 is 11.0 Å². The van der Waals surface area contributed by atoms with Crippen LogP contribution in [0.4, 0.5) is 5.69 Å². The maximum Gasteiger partial charge on any atom is 0.311 e. The highest BCUT2D eigenvalue weighted by molar-refractivity contribution is 7.80. The molecule has 0 saturated heterocycles. The van der Waals surface area contributed by atoms with Crippen molar-refractivity contribution in [3.8, 4) is 5.75 Å². The van der Waals surface area contributed by atoms with Crippen LogP contribution in [-0.4, -0.2) is 33.9 Å². The van der Waals surface area contributed by atoms with Crippen LogP contribution in [0.5, 0.6) is 5.75 Å². The topological polar surface area (TPSA) is 84.7 Å². The third-order valence-corrected chi connectivity index (χ3v) is 5.32. The van der Waals surface area contributed by atoms with Crippen molar-refractivity contribution in [1.82, 2.24) is 10.2 Å². The Kier molecular flexibility index (Phi) is 6.28. The maximum absolute atomic E-state index is 12.8. The number of nitro groups is 1. The molecule has 0 spiro atoms. The second kappa shape index (κ2) is 8.68. The molecule has 150 valence electrons. The summed E-state index contributed by atoms with van der Waals surface area (Å²) in [4.78, 5) is 25.9. The molecule has 0 bridgehead atoms. The first-order valence-electron chi connectivity index (χ1n) is 9.73. The minimum absolute atomic E-state index is 0.0799. The molecular formula is C20H25N3O4S. The van der Waals surface area contributed by atoms with Gasteiger partial charge in [-0.1, -0.05) is 19.9 Å². The minimum Gasteiger partial charge on any atom is -0.487 e.